The smallest absolute Gasteiger partial charge is 0.242 e. The van der Waals surface area contributed by atoms with Gasteiger partial charge in [0.05, 0.1) is 0 Å². The lowest BCUT2D eigenvalue weighted by Crippen LogP contribution is -2.48. The summed E-state index contributed by atoms with van der Waals surface area (Å²) in [6.45, 7) is 8.84. The molecule has 1 aromatic carbocycles. The van der Waals surface area contributed by atoms with Gasteiger partial charge in [-0.1, -0.05) is 44.5 Å². The van der Waals surface area contributed by atoms with Gasteiger partial charge in [-0.25, -0.2) is 0 Å². The Morgan fingerprint density at radius 2 is 1.78 bits per heavy atom. The van der Waals surface area contributed by atoms with Crippen molar-refractivity contribution in [1.82, 2.24) is 10.2 Å². The molecule has 0 aliphatic carbocycles. The van der Waals surface area contributed by atoms with Gasteiger partial charge in [0.25, 0.3) is 0 Å². The molecule has 0 saturated carbocycles. The van der Waals surface area contributed by atoms with Crippen molar-refractivity contribution >= 4 is 23.4 Å². The van der Waals surface area contributed by atoms with Gasteiger partial charge in [-0.2, -0.15) is 0 Å². The zero-order valence-corrected chi connectivity index (χ0v) is 15.2. The zero-order valence-electron chi connectivity index (χ0n) is 14.4. The van der Waals surface area contributed by atoms with E-state index in [1.807, 2.05) is 32.9 Å². The van der Waals surface area contributed by atoms with Gasteiger partial charge in [-0.15, -0.1) is 0 Å². The molecule has 0 unspecified atom stereocenters. The topological polar surface area (TPSA) is 49.4 Å². The van der Waals surface area contributed by atoms with Crippen LogP contribution in [0.1, 0.15) is 46.1 Å². The minimum atomic E-state index is -0.497. The van der Waals surface area contributed by atoms with E-state index in [0.29, 0.717) is 30.5 Å². The number of carbonyl (C=O) groups excluding carboxylic acids is 2. The maximum atomic E-state index is 12.4. The molecule has 0 heterocycles. The average molecular weight is 339 g/mol. The molecule has 23 heavy (non-hydrogen) atoms. The molecule has 0 fully saturated rings. The Bertz CT molecular complexity index is 514. The van der Waals surface area contributed by atoms with Gasteiger partial charge in [0.15, 0.2) is 0 Å². The molecule has 0 bridgehead atoms. The normalized spacial score (nSPS) is 12.1. The van der Waals surface area contributed by atoms with E-state index in [1.54, 1.807) is 24.0 Å². The summed E-state index contributed by atoms with van der Waals surface area (Å²) in [5, 5.41) is 3.56. The van der Waals surface area contributed by atoms with Crippen LogP contribution in [0.3, 0.4) is 0 Å². The molecule has 1 N–H and O–H groups in total. The minimum absolute atomic E-state index is 0.00496. The SMILES string of the molecule is CCCC(=O)N(Cc1ccc(Cl)cc1)[C@H](C)C(=O)NCC(C)C. The number of rotatable bonds is 8. The number of benzene rings is 1. The standard InChI is InChI=1S/C18H27ClN2O2/c1-5-6-17(22)21(12-15-7-9-16(19)10-8-15)14(4)18(23)20-11-13(2)3/h7-10,13-14H,5-6,11-12H2,1-4H3,(H,20,23)/t14-/m1/s1. The molecule has 128 valence electrons. The summed E-state index contributed by atoms with van der Waals surface area (Å²) in [6.07, 6.45) is 1.20. The first-order chi connectivity index (χ1) is 10.8. The fourth-order valence-electron chi connectivity index (χ4n) is 2.18. The average Bonchev–Trinajstić information content (AvgIpc) is 2.51. The van der Waals surface area contributed by atoms with Crippen LogP contribution in [0.4, 0.5) is 0 Å². The minimum Gasteiger partial charge on any atom is -0.354 e. The molecule has 0 spiro atoms. The number of amides is 2. The second kappa shape index (κ2) is 9.56. The Morgan fingerprint density at radius 3 is 2.30 bits per heavy atom. The van der Waals surface area contributed by atoms with E-state index in [4.69, 9.17) is 11.6 Å². The second-order valence-corrected chi connectivity index (χ2v) is 6.65. The summed E-state index contributed by atoms with van der Waals surface area (Å²) in [7, 11) is 0. The van der Waals surface area contributed by atoms with Crippen LogP contribution in [0.15, 0.2) is 24.3 Å². The van der Waals surface area contributed by atoms with Crippen LogP contribution < -0.4 is 5.32 Å². The predicted octanol–water partition coefficient (Wildman–Crippen LogP) is 3.63. The molecule has 1 rings (SSSR count). The van der Waals surface area contributed by atoms with Crippen molar-refractivity contribution in [1.29, 1.82) is 0 Å². The number of halogens is 1. The lowest BCUT2D eigenvalue weighted by molar-refractivity contribution is -0.140. The summed E-state index contributed by atoms with van der Waals surface area (Å²) >= 11 is 5.90. The van der Waals surface area contributed by atoms with Gasteiger partial charge in [-0.3, -0.25) is 9.59 Å². The van der Waals surface area contributed by atoms with Gasteiger partial charge in [0.2, 0.25) is 11.8 Å². The quantitative estimate of drug-likeness (QED) is 0.786. The first kappa shape index (κ1) is 19.5. The molecule has 0 saturated heterocycles. The molecule has 2 amide bonds. The Balaban J connectivity index is 2.84. The summed E-state index contributed by atoms with van der Waals surface area (Å²) in [5.41, 5.74) is 0.961. The van der Waals surface area contributed by atoms with Crippen molar-refractivity contribution in [2.45, 2.75) is 53.1 Å². The Hall–Kier alpha value is -1.55. The van der Waals surface area contributed by atoms with E-state index in [-0.39, 0.29) is 11.8 Å². The van der Waals surface area contributed by atoms with Crippen LogP contribution in [0.25, 0.3) is 0 Å². The van der Waals surface area contributed by atoms with Crippen molar-refractivity contribution in [2.24, 2.45) is 5.92 Å². The van der Waals surface area contributed by atoms with Crippen LogP contribution in [0, 0.1) is 5.92 Å². The predicted molar refractivity (Wildman–Crippen MR) is 94.2 cm³/mol. The molecule has 0 radical (unpaired) electrons. The van der Waals surface area contributed by atoms with Crippen LogP contribution in [-0.2, 0) is 16.1 Å². The molecule has 0 aliphatic rings. The lowest BCUT2D eigenvalue weighted by atomic mass is 10.1. The number of nitrogens with one attached hydrogen (secondary N) is 1. The number of hydrogen-bond donors (Lipinski definition) is 1. The Kier molecular flexibility index (Phi) is 8.10. The second-order valence-electron chi connectivity index (χ2n) is 6.21. The largest absolute Gasteiger partial charge is 0.354 e. The van der Waals surface area contributed by atoms with Gasteiger partial charge in [0.1, 0.15) is 6.04 Å². The lowest BCUT2D eigenvalue weighted by Gasteiger charge is -2.29. The van der Waals surface area contributed by atoms with E-state index in [9.17, 15) is 9.59 Å². The van der Waals surface area contributed by atoms with Crippen molar-refractivity contribution in [3.05, 3.63) is 34.9 Å². The van der Waals surface area contributed by atoms with Crippen molar-refractivity contribution in [3.8, 4) is 0 Å². The van der Waals surface area contributed by atoms with E-state index < -0.39 is 6.04 Å². The van der Waals surface area contributed by atoms with E-state index in [1.165, 1.54) is 0 Å². The van der Waals surface area contributed by atoms with Gasteiger partial charge in [-0.05, 0) is 37.0 Å². The number of hydrogen-bond acceptors (Lipinski definition) is 2. The summed E-state index contributed by atoms with van der Waals surface area (Å²) in [6, 6.07) is 6.86. The van der Waals surface area contributed by atoms with E-state index >= 15 is 0 Å². The first-order valence-corrected chi connectivity index (χ1v) is 8.54. The molecule has 4 nitrogen and oxygen atoms in total. The highest BCUT2D eigenvalue weighted by molar-refractivity contribution is 6.30. The Morgan fingerprint density at radius 1 is 1.17 bits per heavy atom. The summed E-state index contributed by atoms with van der Waals surface area (Å²) in [5.74, 6) is 0.258. The van der Waals surface area contributed by atoms with Gasteiger partial charge in [0, 0.05) is 24.5 Å². The fourth-order valence-corrected chi connectivity index (χ4v) is 2.31. The third-order valence-corrected chi connectivity index (χ3v) is 3.83. The molecule has 0 aromatic heterocycles. The summed E-state index contributed by atoms with van der Waals surface area (Å²) in [4.78, 5) is 26.4. The van der Waals surface area contributed by atoms with Gasteiger partial charge >= 0.3 is 0 Å². The van der Waals surface area contributed by atoms with Crippen molar-refractivity contribution in [3.63, 3.8) is 0 Å². The number of carbonyl (C=O) groups is 2. The molecule has 1 aromatic rings. The van der Waals surface area contributed by atoms with Crippen LogP contribution in [-0.4, -0.2) is 29.3 Å². The molecular formula is C18H27ClN2O2. The molecule has 1 atom stereocenters. The monoisotopic (exact) mass is 338 g/mol. The van der Waals surface area contributed by atoms with Crippen LogP contribution in [0.2, 0.25) is 5.02 Å². The van der Waals surface area contributed by atoms with Crippen molar-refractivity contribution in [2.75, 3.05) is 6.54 Å². The van der Waals surface area contributed by atoms with E-state index in [2.05, 4.69) is 5.32 Å². The molecule has 5 heteroatoms. The van der Waals surface area contributed by atoms with Gasteiger partial charge < -0.3 is 10.2 Å². The van der Waals surface area contributed by atoms with Crippen molar-refractivity contribution < 1.29 is 9.59 Å². The van der Waals surface area contributed by atoms with E-state index in [0.717, 1.165) is 12.0 Å². The Labute approximate surface area is 144 Å². The summed E-state index contributed by atoms with van der Waals surface area (Å²) < 4.78 is 0. The maximum absolute atomic E-state index is 12.4. The first-order valence-electron chi connectivity index (χ1n) is 8.16. The van der Waals surface area contributed by atoms with Crippen LogP contribution >= 0.6 is 11.6 Å². The highest BCUT2D eigenvalue weighted by Crippen LogP contribution is 2.15. The van der Waals surface area contributed by atoms with Crippen LogP contribution in [0.5, 0.6) is 0 Å². The molecule has 0 aliphatic heterocycles. The third-order valence-electron chi connectivity index (χ3n) is 3.58. The zero-order chi connectivity index (χ0) is 17.4. The maximum Gasteiger partial charge on any atom is 0.242 e. The fraction of sp³-hybridized carbons (Fsp3) is 0.556. The third kappa shape index (κ3) is 6.61. The number of nitrogens with zero attached hydrogens (tertiary/aromatic N) is 1. The highest BCUT2D eigenvalue weighted by atomic mass is 35.5. The highest BCUT2D eigenvalue weighted by Gasteiger charge is 2.25. The molecular weight excluding hydrogens is 312 g/mol.